The molecule has 1 aliphatic rings. The summed E-state index contributed by atoms with van der Waals surface area (Å²) >= 11 is 1.40. The molecule has 2 heterocycles. The summed E-state index contributed by atoms with van der Waals surface area (Å²) in [5.74, 6) is 1.26. The maximum Gasteiger partial charge on any atom is 0.233 e. The number of amides is 1. The number of carbonyl (C=O) groups excluding carboxylic acids is 1. The Morgan fingerprint density at radius 2 is 1.92 bits per heavy atom. The third kappa shape index (κ3) is 3.61. The summed E-state index contributed by atoms with van der Waals surface area (Å²) in [6.45, 7) is 8.05. The first-order valence-electron chi connectivity index (χ1n) is 8.32. The van der Waals surface area contributed by atoms with Crippen LogP contribution in [0.25, 0.3) is 5.69 Å². The molecule has 0 spiro atoms. The fourth-order valence-electron chi connectivity index (χ4n) is 3.02. The number of hydrogen-bond donors (Lipinski definition) is 0. The molecule has 128 valence electrons. The highest BCUT2D eigenvalue weighted by molar-refractivity contribution is 7.99. The molecule has 24 heavy (non-hydrogen) atoms. The van der Waals surface area contributed by atoms with Crippen molar-refractivity contribution in [1.82, 2.24) is 25.1 Å². The average Bonchev–Trinajstić information content (AvgIpc) is 3.01. The molecule has 0 radical (unpaired) electrons. The van der Waals surface area contributed by atoms with E-state index in [0.717, 1.165) is 48.7 Å². The molecule has 3 rings (SSSR count). The van der Waals surface area contributed by atoms with E-state index in [1.807, 2.05) is 36.9 Å². The molecule has 6 nitrogen and oxygen atoms in total. The minimum absolute atomic E-state index is 0.169. The second-order valence-corrected chi connectivity index (χ2v) is 7.41. The lowest BCUT2D eigenvalue weighted by molar-refractivity contribution is -0.129. The van der Waals surface area contributed by atoms with Crippen LogP contribution in [-0.2, 0) is 4.79 Å². The lowest BCUT2D eigenvalue weighted by Crippen LogP contribution is -2.38. The number of thioether (sulfide) groups is 1. The number of likely N-dealkylation sites (tertiary alicyclic amines) is 1. The first-order chi connectivity index (χ1) is 11.6. The van der Waals surface area contributed by atoms with Gasteiger partial charge in [-0.2, -0.15) is 4.68 Å². The molecule has 0 saturated carbocycles. The van der Waals surface area contributed by atoms with Crippen molar-refractivity contribution in [2.45, 2.75) is 38.8 Å². The van der Waals surface area contributed by atoms with Gasteiger partial charge in [0.1, 0.15) is 0 Å². The van der Waals surface area contributed by atoms with Crippen LogP contribution in [0.2, 0.25) is 0 Å². The van der Waals surface area contributed by atoms with Gasteiger partial charge in [-0.3, -0.25) is 4.79 Å². The van der Waals surface area contributed by atoms with Gasteiger partial charge in [-0.1, -0.05) is 36.9 Å². The zero-order valence-electron chi connectivity index (χ0n) is 14.4. The molecular formula is C17H23N5OS. The molecule has 1 saturated heterocycles. The predicted octanol–water partition coefficient (Wildman–Crippen LogP) is 2.63. The van der Waals surface area contributed by atoms with Crippen LogP contribution in [0.1, 0.15) is 30.9 Å². The van der Waals surface area contributed by atoms with Crippen LogP contribution in [0.5, 0.6) is 0 Å². The van der Waals surface area contributed by atoms with Gasteiger partial charge in [0.15, 0.2) is 0 Å². The molecule has 0 bridgehead atoms. The Labute approximate surface area is 146 Å². The van der Waals surface area contributed by atoms with Gasteiger partial charge in [-0.05, 0) is 54.2 Å². The van der Waals surface area contributed by atoms with Crippen LogP contribution >= 0.6 is 11.8 Å². The highest BCUT2D eigenvalue weighted by Gasteiger charge is 2.21. The van der Waals surface area contributed by atoms with Crippen molar-refractivity contribution in [1.29, 1.82) is 0 Å². The number of piperidine rings is 1. The largest absolute Gasteiger partial charge is 0.342 e. The van der Waals surface area contributed by atoms with Crippen molar-refractivity contribution in [3.8, 4) is 5.69 Å². The average molecular weight is 345 g/mol. The van der Waals surface area contributed by atoms with E-state index in [0.29, 0.717) is 10.9 Å². The molecule has 1 aliphatic heterocycles. The van der Waals surface area contributed by atoms with E-state index in [-0.39, 0.29) is 5.91 Å². The van der Waals surface area contributed by atoms with Crippen molar-refractivity contribution in [2.75, 3.05) is 18.8 Å². The zero-order chi connectivity index (χ0) is 17.1. The molecule has 1 amide bonds. The van der Waals surface area contributed by atoms with Gasteiger partial charge in [0.2, 0.25) is 11.1 Å². The van der Waals surface area contributed by atoms with Crippen LogP contribution in [0.15, 0.2) is 23.4 Å². The van der Waals surface area contributed by atoms with Gasteiger partial charge in [0, 0.05) is 13.1 Å². The van der Waals surface area contributed by atoms with Crippen LogP contribution in [0, 0.1) is 19.8 Å². The molecular weight excluding hydrogens is 322 g/mol. The molecule has 0 N–H and O–H groups in total. The van der Waals surface area contributed by atoms with Crippen molar-refractivity contribution in [2.24, 2.45) is 5.92 Å². The standard InChI is InChI=1S/C17H23N5OS/c1-12-7-9-21(10-8-12)15(23)11-24-17-18-19-20-22(17)16-13(2)5-4-6-14(16)3/h4-6,12H,7-11H2,1-3H3. The summed E-state index contributed by atoms with van der Waals surface area (Å²) in [4.78, 5) is 14.4. The number of nitrogens with zero attached hydrogens (tertiary/aromatic N) is 5. The number of aromatic nitrogens is 4. The van der Waals surface area contributed by atoms with Crippen LogP contribution in [0.4, 0.5) is 0 Å². The fraction of sp³-hybridized carbons (Fsp3) is 0.529. The van der Waals surface area contributed by atoms with Crippen molar-refractivity contribution in [3.05, 3.63) is 29.3 Å². The van der Waals surface area contributed by atoms with Crippen LogP contribution in [0.3, 0.4) is 0 Å². The van der Waals surface area contributed by atoms with Crippen LogP contribution < -0.4 is 0 Å². The highest BCUT2D eigenvalue weighted by Crippen LogP contribution is 2.24. The zero-order valence-corrected chi connectivity index (χ0v) is 15.2. The van der Waals surface area contributed by atoms with E-state index >= 15 is 0 Å². The van der Waals surface area contributed by atoms with Gasteiger partial charge in [0.25, 0.3) is 0 Å². The molecule has 0 atom stereocenters. The van der Waals surface area contributed by atoms with E-state index in [9.17, 15) is 4.79 Å². The quantitative estimate of drug-likeness (QED) is 0.797. The second kappa shape index (κ2) is 7.34. The second-order valence-electron chi connectivity index (χ2n) is 6.47. The third-order valence-electron chi connectivity index (χ3n) is 4.55. The Kier molecular flexibility index (Phi) is 5.18. The Morgan fingerprint density at radius 1 is 1.25 bits per heavy atom. The summed E-state index contributed by atoms with van der Waals surface area (Å²) in [7, 11) is 0. The number of para-hydroxylation sites is 1. The van der Waals surface area contributed by atoms with Gasteiger partial charge in [0.05, 0.1) is 11.4 Å². The lowest BCUT2D eigenvalue weighted by Gasteiger charge is -2.30. The fourth-order valence-corrected chi connectivity index (χ4v) is 3.80. The normalized spacial score (nSPS) is 15.7. The van der Waals surface area contributed by atoms with Gasteiger partial charge >= 0.3 is 0 Å². The number of aryl methyl sites for hydroxylation is 2. The van der Waals surface area contributed by atoms with Gasteiger partial charge < -0.3 is 4.90 Å². The van der Waals surface area contributed by atoms with Crippen molar-refractivity contribution in [3.63, 3.8) is 0 Å². The highest BCUT2D eigenvalue weighted by atomic mass is 32.2. The van der Waals surface area contributed by atoms with Crippen molar-refractivity contribution >= 4 is 17.7 Å². The lowest BCUT2D eigenvalue weighted by atomic mass is 9.99. The molecule has 1 aromatic carbocycles. The Hall–Kier alpha value is -1.89. The van der Waals surface area contributed by atoms with E-state index < -0.39 is 0 Å². The summed E-state index contributed by atoms with van der Waals surface area (Å²) in [5, 5.41) is 12.7. The maximum absolute atomic E-state index is 12.4. The molecule has 1 aromatic heterocycles. The first-order valence-corrected chi connectivity index (χ1v) is 9.30. The monoisotopic (exact) mass is 345 g/mol. The minimum atomic E-state index is 0.169. The summed E-state index contributed by atoms with van der Waals surface area (Å²) in [6.07, 6.45) is 2.19. The van der Waals surface area contributed by atoms with E-state index in [1.54, 1.807) is 4.68 Å². The number of carbonyl (C=O) groups is 1. The summed E-state index contributed by atoms with van der Waals surface area (Å²) < 4.78 is 1.74. The molecule has 7 heteroatoms. The molecule has 0 unspecified atom stereocenters. The maximum atomic E-state index is 12.4. The van der Waals surface area contributed by atoms with E-state index in [4.69, 9.17) is 0 Å². The molecule has 2 aromatic rings. The Bertz CT molecular complexity index is 701. The third-order valence-corrected chi connectivity index (χ3v) is 5.46. The van der Waals surface area contributed by atoms with E-state index in [2.05, 4.69) is 22.4 Å². The number of rotatable bonds is 4. The molecule has 1 fully saturated rings. The summed E-state index contributed by atoms with van der Waals surface area (Å²) in [5.41, 5.74) is 3.21. The van der Waals surface area contributed by atoms with Crippen molar-refractivity contribution < 1.29 is 4.79 Å². The van der Waals surface area contributed by atoms with Gasteiger partial charge in [-0.25, -0.2) is 0 Å². The van der Waals surface area contributed by atoms with Crippen LogP contribution in [-0.4, -0.2) is 49.9 Å². The first kappa shape index (κ1) is 17.0. The number of benzene rings is 1. The Morgan fingerprint density at radius 3 is 2.58 bits per heavy atom. The number of tetrazole rings is 1. The summed E-state index contributed by atoms with van der Waals surface area (Å²) in [6, 6.07) is 6.10. The smallest absolute Gasteiger partial charge is 0.233 e. The Balaban J connectivity index is 1.69. The molecule has 0 aliphatic carbocycles. The SMILES string of the molecule is Cc1cccc(C)c1-n1nnnc1SCC(=O)N1CCC(C)CC1. The number of hydrogen-bond acceptors (Lipinski definition) is 5. The van der Waals surface area contributed by atoms with E-state index in [1.165, 1.54) is 11.8 Å². The van der Waals surface area contributed by atoms with Gasteiger partial charge in [-0.15, -0.1) is 5.10 Å². The predicted molar refractivity (Wildman–Crippen MR) is 94.3 cm³/mol. The minimum Gasteiger partial charge on any atom is -0.342 e. The topological polar surface area (TPSA) is 63.9 Å².